The van der Waals surface area contributed by atoms with Gasteiger partial charge in [-0.25, -0.2) is 0 Å². The van der Waals surface area contributed by atoms with Crippen molar-refractivity contribution in [1.82, 2.24) is 10.2 Å². The molecule has 2 amide bonds. The summed E-state index contributed by atoms with van der Waals surface area (Å²) in [6, 6.07) is 10.7. The van der Waals surface area contributed by atoms with Crippen molar-refractivity contribution in [2.75, 3.05) is 38.1 Å². The fourth-order valence-electron chi connectivity index (χ4n) is 2.73. The second kappa shape index (κ2) is 11.1. The van der Waals surface area contributed by atoms with Crippen LogP contribution in [0.2, 0.25) is 0 Å². The normalized spacial score (nSPS) is 14.2. The molecule has 1 fully saturated rings. The number of nitrogens with one attached hydrogen (secondary N) is 1. The Balaban J connectivity index is 0.00000264. The second-order valence-electron chi connectivity index (χ2n) is 5.54. The summed E-state index contributed by atoms with van der Waals surface area (Å²) >= 11 is 0. The first kappa shape index (κ1) is 22.5. The molecule has 136 valence electrons. The number of para-hydroxylation sites is 1. The first-order valence-corrected chi connectivity index (χ1v) is 7.64. The van der Waals surface area contributed by atoms with Crippen LogP contribution in [-0.2, 0) is 9.59 Å². The van der Waals surface area contributed by atoms with E-state index in [9.17, 15) is 9.59 Å². The molecule has 24 heavy (non-hydrogen) atoms. The molecule has 0 atom stereocenters. The van der Waals surface area contributed by atoms with E-state index in [1.165, 1.54) is 5.69 Å². The quantitative estimate of drug-likeness (QED) is 0.804. The maximum atomic E-state index is 12.0. The van der Waals surface area contributed by atoms with Gasteiger partial charge in [-0.3, -0.25) is 9.59 Å². The Bertz CT molecular complexity index is 508. The Labute approximate surface area is 155 Å². The van der Waals surface area contributed by atoms with Gasteiger partial charge in [0.25, 0.3) is 0 Å². The van der Waals surface area contributed by atoms with Gasteiger partial charge in [-0.05, 0) is 25.0 Å². The van der Waals surface area contributed by atoms with Gasteiger partial charge in [0.05, 0.1) is 13.1 Å². The number of nitrogens with zero attached hydrogens (tertiary/aromatic N) is 2. The van der Waals surface area contributed by atoms with Gasteiger partial charge in [0, 0.05) is 31.9 Å². The van der Waals surface area contributed by atoms with E-state index >= 15 is 0 Å². The maximum Gasteiger partial charge on any atom is 0.241 e. The summed E-state index contributed by atoms with van der Waals surface area (Å²) in [4.78, 5) is 27.2. The molecular formula is C16H26Cl2N4O2. The van der Waals surface area contributed by atoms with Gasteiger partial charge < -0.3 is 20.9 Å². The van der Waals surface area contributed by atoms with Crippen LogP contribution in [-0.4, -0.2) is 56.0 Å². The van der Waals surface area contributed by atoms with Crippen molar-refractivity contribution in [2.45, 2.75) is 18.9 Å². The highest BCUT2D eigenvalue weighted by Gasteiger charge is 2.25. The first-order chi connectivity index (χ1) is 10.6. The van der Waals surface area contributed by atoms with Crippen LogP contribution in [0.5, 0.6) is 0 Å². The minimum Gasteiger partial charge on any atom is -0.371 e. The molecule has 0 aliphatic carbocycles. The SMILES string of the molecule is CN(c1ccccc1)C1CCN(C(=O)CNC(=O)CN)CC1.Cl.Cl. The van der Waals surface area contributed by atoms with Gasteiger partial charge in [0.15, 0.2) is 0 Å². The second-order valence-corrected chi connectivity index (χ2v) is 5.54. The number of hydrogen-bond donors (Lipinski definition) is 2. The molecular weight excluding hydrogens is 351 g/mol. The van der Waals surface area contributed by atoms with Crippen LogP contribution in [0.1, 0.15) is 12.8 Å². The zero-order valence-electron chi connectivity index (χ0n) is 13.8. The van der Waals surface area contributed by atoms with Crippen LogP contribution in [0.3, 0.4) is 0 Å². The summed E-state index contributed by atoms with van der Waals surface area (Å²) in [7, 11) is 2.10. The number of halogens is 2. The summed E-state index contributed by atoms with van der Waals surface area (Å²) in [5.74, 6) is -0.338. The molecule has 0 spiro atoms. The average molecular weight is 377 g/mol. The fraction of sp³-hybridized carbons (Fsp3) is 0.500. The van der Waals surface area contributed by atoms with Crippen LogP contribution >= 0.6 is 24.8 Å². The molecule has 0 bridgehead atoms. The van der Waals surface area contributed by atoms with Crippen molar-refractivity contribution in [3.63, 3.8) is 0 Å². The van der Waals surface area contributed by atoms with E-state index in [1.54, 1.807) is 0 Å². The summed E-state index contributed by atoms with van der Waals surface area (Å²) in [5.41, 5.74) is 6.40. The maximum absolute atomic E-state index is 12.0. The summed E-state index contributed by atoms with van der Waals surface area (Å²) < 4.78 is 0. The standard InChI is InChI=1S/C16H24N4O2.2ClH/c1-19(13-5-3-2-4-6-13)14-7-9-20(10-8-14)16(22)12-18-15(21)11-17;;/h2-6,14H,7-12,17H2,1H3,(H,18,21);2*1H. The Morgan fingerprint density at radius 2 is 1.79 bits per heavy atom. The third-order valence-corrected chi connectivity index (χ3v) is 4.15. The zero-order chi connectivity index (χ0) is 15.9. The highest BCUT2D eigenvalue weighted by Crippen LogP contribution is 2.21. The van der Waals surface area contributed by atoms with Crippen molar-refractivity contribution in [1.29, 1.82) is 0 Å². The lowest BCUT2D eigenvalue weighted by Crippen LogP contribution is -2.48. The summed E-state index contributed by atoms with van der Waals surface area (Å²) in [5, 5.41) is 2.52. The molecule has 0 radical (unpaired) electrons. The van der Waals surface area contributed by atoms with Gasteiger partial charge >= 0.3 is 0 Å². The molecule has 0 aromatic heterocycles. The highest BCUT2D eigenvalue weighted by molar-refractivity contribution is 5.86. The van der Waals surface area contributed by atoms with E-state index in [4.69, 9.17) is 5.73 Å². The summed E-state index contributed by atoms with van der Waals surface area (Å²) in [6.45, 7) is 1.39. The van der Waals surface area contributed by atoms with E-state index in [0.717, 1.165) is 25.9 Å². The van der Waals surface area contributed by atoms with Gasteiger partial charge in [-0.2, -0.15) is 0 Å². The number of rotatable bonds is 5. The number of nitrogens with two attached hydrogens (primary N) is 1. The van der Waals surface area contributed by atoms with E-state index in [-0.39, 0.29) is 49.7 Å². The predicted octanol–water partition coefficient (Wildman–Crippen LogP) is 1.03. The van der Waals surface area contributed by atoms with Crippen LogP contribution < -0.4 is 16.0 Å². The van der Waals surface area contributed by atoms with Crippen LogP contribution in [0.15, 0.2) is 30.3 Å². The highest BCUT2D eigenvalue weighted by atomic mass is 35.5. The van der Waals surface area contributed by atoms with E-state index in [2.05, 4.69) is 29.4 Å². The molecule has 8 heteroatoms. The average Bonchev–Trinajstić information content (AvgIpc) is 2.59. The van der Waals surface area contributed by atoms with Gasteiger partial charge in [0.1, 0.15) is 0 Å². The minimum absolute atomic E-state index is 0. The number of benzene rings is 1. The first-order valence-electron chi connectivity index (χ1n) is 7.64. The Morgan fingerprint density at radius 3 is 2.33 bits per heavy atom. The Morgan fingerprint density at radius 1 is 1.21 bits per heavy atom. The molecule has 1 heterocycles. The third-order valence-electron chi connectivity index (χ3n) is 4.15. The van der Waals surface area contributed by atoms with Crippen molar-refractivity contribution >= 4 is 42.3 Å². The van der Waals surface area contributed by atoms with Crippen molar-refractivity contribution < 1.29 is 9.59 Å². The number of hydrogen-bond acceptors (Lipinski definition) is 4. The monoisotopic (exact) mass is 376 g/mol. The molecule has 6 nitrogen and oxygen atoms in total. The number of piperidine rings is 1. The smallest absolute Gasteiger partial charge is 0.241 e. The molecule has 3 N–H and O–H groups in total. The predicted molar refractivity (Wildman–Crippen MR) is 101 cm³/mol. The number of anilines is 1. The molecule has 1 aromatic carbocycles. The molecule has 0 saturated carbocycles. The lowest BCUT2D eigenvalue weighted by Gasteiger charge is -2.37. The lowest BCUT2D eigenvalue weighted by atomic mass is 10.0. The van der Waals surface area contributed by atoms with Crippen LogP contribution in [0.4, 0.5) is 5.69 Å². The van der Waals surface area contributed by atoms with Gasteiger partial charge in [-0.1, -0.05) is 18.2 Å². The number of carbonyl (C=O) groups is 2. The van der Waals surface area contributed by atoms with Gasteiger partial charge in [-0.15, -0.1) is 24.8 Å². The lowest BCUT2D eigenvalue weighted by molar-refractivity contribution is -0.133. The van der Waals surface area contributed by atoms with Crippen molar-refractivity contribution in [3.05, 3.63) is 30.3 Å². The van der Waals surface area contributed by atoms with Crippen molar-refractivity contribution in [3.8, 4) is 0 Å². The number of likely N-dealkylation sites (tertiary alicyclic amines) is 1. The molecule has 1 aromatic rings. The Kier molecular flexibility index (Phi) is 10.4. The largest absolute Gasteiger partial charge is 0.371 e. The molecule has 1 aliphatic rings. The molecule has 0 unspecified atom stereocenters. The molecule has 1 saturated heterocycles. The van der Waals surface area contributed by atoms with Crippen LogP contribution in [0.25, 0.3) is 0 Å². The zero-order valence-corrected chi connectivity index (χ0v) is 15.4. The third kappa shape index (κ3) is 6.19. The topological polar surface area (TPSA) is 78.7 Å². The fourth-order valence-corrected chi connectivity index (χ4v) is 2.73. The molecule has 2 rings (SSSR count). The summed E-state index contributed by atoms with van der Waals surface area (Å²) in [6.07, 6.45) is 1.87. The number of amides is 2. The Hall–Kier alpha value is -1.50. The van der Waals surface area contributed by atoms with E-state index in [1.807, 2.05) is 23.1 Å². The number of carbonyl (C=O) groups excluding carboxylic acids is 2. The van der Waals surface area contributed by atoms with Crippen molar-refractivity contribution in [2.24, 2.45) is 5.73 Å². The van der Waals surface area contributed by atoms with Crippen LogP contribution in [0, 0.1) is 0 Å². The van der Waals surface area contributed by atoms with E-state index in [0.29, 0.717) is 6.04 Å². The minimum atomic E-state index is -0.299. The van der Waals surface area contributed by atoms with Gasteiger partial charge in [0.2, 0.25) is 11.8 Å². The molecule has 1 aliphatic heterocycles. The van der Waals surface area contributed by atoms with E-state index < -0.39 is 0 Å².